The van der Waals surface area contributed by atoms with Crippen molar-refractivity contribution in [2.45, 2.75) is 20.3 Å². The van der Waals surface area contributed by atoms with Crippen LogP contribution in [0.1, 0.15) is 19.7 Å². The molecule has 2 aromatic rings. The first kappa shape index (κ1) is 13.5. The van der Waals surface area contributed by atoms with Gasteiger partial charge in [-0.3, -0.25) is 0 Å². The van der Waals surface area contributed by atoms with Gasteiger partial charge in [-0.25, -0.2) is 0 Å². The third-order valence-electron chi connectivity index (χ3n) is 3.11. The number of hydrogen-bond acceptors (Lipinski definition) is 5. The lowest BCUT2D eigenvalue weighted by atomic mass is 10.2. The summed E-state index contributed by atoms with van der Waals surface area (Å²) in [6, 6.07) is 6.85. The number of likely N-dealkylation sites (N-methyl/N-ethyl adjacent to an activating group) is 1. The maximum absolute atomic E-state index is 9.43. The van der Waals surface area contributed by atoms with E-state index in [0.717, 1.165) is 31.6 Å². The average molecular weight is 261 g/mol. The molecule has 0 amide bonds. The first-order valence-corrected chi connectivity index (χ1v) is 6.57. The van der Waals surface area contributed by atoms with Gasteiger partial charge < -0.3 is 14.5 Å². The second-order valence-electron chi connectivity index (χ2n) is 4.34. The number of nitrogens with zero attached hydrogens (tertiary/aromatic N) is 3. The van der Waals surface area contributed by atoms with E-state index in [2.05, 4.69) is 28.9 Å². The molecule has 1 aromatic carbocycles. The van der Waals surface area contributed by atoms with Crippen LogP contribution in [0.15, 0.2) is 28.8 Å². The number of rotatable bonds is 6. The molecule has 0 spiro atoms. The fourth-order valence-corrected chi connectivity index (χ4v) is 1.91. The molecule has 0 aliphatic heterocycles. The summed E-state index contributed by atoms with van der Waals surface area (Å²) >= 11 is 0. The van der Waals surface area contributed by atoms with Crippen LogP contribution in [0.25, 0.3) is 11.4 Å². The summed E-state index contributed by atoms with van der Waals surface area (Å²) < 4.78 is 5.23. The van der Waals surface area contributed by atoms with Crippen LogP contribution in [-0.2, 0) is 6.42 Å². The van der Waals surface area contributed by atoms with Crippen molar-refractivity contribution in [1.29, 1.82) is 0 Å². The van der Waals surface area contributed by atoms with Crippen molar-refractivity contribution in [2.75, 3.05) is 19.6 Å². The molecule has 1 aromatic heterocycles. The molecule has 0 atom stereocenters. The van der Waals surface area contributed by atoms with Crippen molar-refractivity contribution in [3.63, 3.8) is 0 Å². The van der Waals surface area contributed by atoms with Crippen molar-refractivity contribution < 1.29 is 9.63 Å². The van der Waals surface area contributed by atoms with E-state index >= 15 is 0 Å². The minimum absolute atomic E-state index is 0.201. The molecule has 102 valence electrons. The molecule has 0 aliphatic rings. The Kier molecular flexibility index (Phi) is 4.52. The molecule has 1 heterocycles. The second kappa shape index (κ2) is 6.33. The standard InChI is InChI=1S/C14H19N3O2/c1-3-17(4-2)9-8-13-15-14(16-19-13)11-6-5-7-12(18)10-11/h5-7,10,18H,3-4,8-9H2,1-2H3. The van der Waals surface area contributed by atoms with Gasteiger partial charge in [0.2, 0.25) is 11.7 Å². The molecule has 0 saturated heterocycles. The van der Waals surface area contributed by atoms with Gasteiger partial charge in [0.15, 0.2) is 0 Å². The van der Waals surface area contributed by atoms with Crippen LogP contribution < -0.4 is 0 Å². The van der Waals surface area contributed by atoms with Gasteiger partial charge >= 0.3 is 0 Å². The Balaban J connectivity index is 2.03. The third-order valence-corrected chi connectivity index (χ3v) is 3.11. The summed E-state index contributed by atoms with van der Waals surface area (Å²) in [6.45, 7) is 7.22. The van der Waals surface area contributed by atoms with Crippen LogP contribution in [0.4, 0.5) is 0 Å². The number of aromatic hydroxyl groups is 1. The maximum Gasteiger partial charge on any atom is 0.228 e. The predicted octanol–water partition coefficient (Wildman–Crippen LogP) is 2.33. The van der Waals surface area contributed by atoms with E-state index in [1.807, 2.05) is 6.07 Å². The molecule has 0 unspecified atom stereocenters. The van der Waals surface area contributed by atoms with Crippen molar-refractivity contribution in [1.82, 2.24) is 15.0 Å². The number of benzene rings is 1. The lowest BCUT2D eigenvalue weighted by Crippen LogP contribution is -2.25. The van der Waals surface area contributed by atoms with Gasteiger partial charge in [-0.05, 0) is 25.2 Å². The predicted molar refractivity (Wildman–Crippen MR) is 72.9 cm³/mol. The average Bonchev–Trinajstić information content (AvgIpc) is 2.89. The molecule has 19 heavy (non-hydrogen) atoms. The maximum atomic E-state index is 9.43. The highest BCUT2D eigenvalue weighted by Gasteiger charge is 2.10. The molecule has 5 heteroatoms. The summed E-state index contributed by atoms with van der Waals surface area (Å²) in [5, 5.41) is 13.4. The van der Waals surface area contributed by atoms with E-state index < -0.39 is 0 Å². The minimum Gasteiger partial charge on any atom is -0.508 e. The zero-order valence-corrected chi connectivity index (χ0v) is 11.3. The monoisotopic (exact) mass is 261 g/mol. The van der Waals surface area contributed by atoms with Gasteiger partial charge in [-0.15, -0.1) is 0 Å². The van der Waals surface area contributed by atoms with E-state index in [1.165, 1.54) is 0 Å². The quantitative estimate of drug-likeness (QED) is 0.864. The Morgan fingerprint density at radius 1 is 1.26 bits per heavy atom. The summed E-state index contributed by atoms with van der Waals surface area (Å²) in [4.78, 5) is 6.65. The zero-order valence-electron chi connectivity index (χ0n) is 11.3. The summed E-state index contributed by atoms with van der Waals surface area (Å²) in [7, 11) is 0. The van der Waals surface area contributed by atoms with Gasteiger partial charge in [0.05, 0.1) is 0 Å². The first-order valence-electron chi connectivity index (χ1n) is 6.57. The van der Waals surface area contributed by atoms with Crippen molar-refractivity contribution in [3.05, 3.63) is 30.2 Å². The normalized spacial score (nSPS) is 11.1. The van der Waals surface area contributed by atoms with Gasteiger partial charge in [-0.2, -0.15) is 4.98 Å². The van der Waals surface area contributed by atoms with Crippen molar-refractivity contribution in [2.24, 2.45) is 0 Å². The Morgan fingerprint density at radius 3 is 2.74 bits per heavy atom. The third kappa shape index (κ3) is 3.54. The summed E-state index contributed by atoms with van der Waals surface area (Å²) in [6.07, 6.45) is 0.744. The van der Waals surface area contributed by atoms with E-state index in [4.69, 9.17) is 4.52 Å². The van der Waals surface area contributed by atoms with Gasteiger partial charge in [-0.1, -0.05) is 31.1 Å². The molecule has 0 saturated carbocycles. The Morgan fingerprint density at radius 2 is 2.05 bits per heavy atom. The zero-order chi connectivity index (χ0) is 13.7. The summed E-state index contributed by atoms with van der Waals surface area (Å²) in [5.74, 6) is 1.35. The van der Waals surface area contributed by atoms with E-state index in [-0.39, 0.29) is 5.75 Å². The highest BCUT2D eigenvalue weighted by atomic mass is 16.5. The van der Waals surface area contributed by atoms with Crippen LogP contribution in [0.2, 0.25) is 0 Å². The van der Waals surface area contributed by atoms with Crippen LogP contribution in [-0.4, -0.2) is 39.8 Å². The fraction of sp³-hybridized carbons (Fsp3) is 0.429. The van der Waals surface area contributed by atoms with Gasteiger partial charge in [0.1, 0.15) is 5.75 Å². The molecule has 2 rings (SSSR count). The Hall–Kier alpha value is -1.88. The highest BCUT2D eigenvalue weighted by Crippen LogP contribution is 2.20. The smallest absolute Gasteiger partial charge is 0.228 e. The highest BCUT2D eigenvalue weighted by molar-refractivity contribution is 5.56. The number of aromatic nitrogens is 2. The van der Waals surface area contributed by atoms with Crippen LogP contribution in [0.5, 0.6) is 5.75 Å². The SMILES string of the molecule is CCN(CC)CCc1nc(-c2cccc(O)c2)no1. The Bertz CT molecular complexity index is 521. The van der Waals surface area contributed by atoms with E-state index in [0.29, 0.717) is 11.7 Å². The van der Waals surface area contributed by atoms with Crippen LogP contribution in [0.3, 0.4) is 0 Å². The number of phenols is 1. The molecule has 0 fully saturated rings. The first-order chi connectivity index (χ1) is 9.22. The largest absolute Gasteiger partial charge is 0.508 e. The number of hydrogen-bond donors (Lipinski definition) is 1. The van der Waals surface area contributed by atoms with Crippen LogP contribution in [0, 0.1) is 0 Å². The lowest BCUT2D eigenvalue weighted by molar-refractivity contribution is 0.287. The van der Waals surface area contributed by atoms with Crippen molar-refractivity contribution in [3.8, 4) is 17.1 Å². The van der Waals surface area contributed by atoms with Crippen molar-refractivity contribution >= 4 is 0 Å². The number of phenolic OH excluding ortho intramolecular Hbond substituents is 1. The fourth-order valence-electron chi connectivity index (χ4n) is 1.91. The van der Waals surface area contributed by atoms with E-state index in [9.17, 15) is 5.11 Å². The van der Waals surface area contributed by atoms with Crippen LogP contribution >= 0.6 is 0 Å². The van der Waals surface area contributed by atoms with Gasteiger partial charge in [0.25, 0.3) is 0 Å². The van der Waals surface area contributed by atoms with Gasteiger partial charge in [0, 0.05) is 18.5 Å². The Labute approximate surface area is 112 Å². The molecule has 0 bridgehead atoms. The topological polar surface area (TPSA) is 62.4 Å². The summed E-state index contributed by atoms with van der Waals surface area (Å²) in [5.41, 5.74) is 0.762. The lowest BCUT2D eigenvalue weighted by Gasteiger charge is -2.15. The molecule has 0 aliphatic carbocycles. The molecule has 0 radical (unpaired) electrons. The second-order valence-corrected chi connectivity index (χ2v) is 4.34. The minimum atomic E-state index is 0.201. The molecule has 5 nitrogen and oxygen atoms in total. The molecular weight excluding hydrogens is 242 g/mol. The molecular formula is C14H19N3O2. The molecule has 1 N–H and O–H groups in total. The van der Waals surface area contributed by atoms with E-state index in [1.54, 1.807) is 18.2 Å².